The minimum absolute atomic E-state index is 0. The van der Waals surface area contributed by atoms with Gasteiger partial charge < -0.3 is 15.0 Å². The van der Waals surface area contributed by atoms with Crippen molar-refractivity contribution in [3.8, 4) is 0 Å². The van der Waals surface area contributed by atoms with Gasteiger partial charge >= 0.3 is 6.09 Å². The van der Waals surface area contributed by atoms with E-state index in [0.717, 1.165) is 39.3 Å². The van der Waals surface area contributed by atoms with Crippen LogP contribution in [0.4, 0.5) is 4.79 Å². The van der Waals surface area contributed by atoms with Gasteiger partial charge in [0, 0.05) is 39.3 Å². The van der Waals surface area contributed by atoms with E-state index < -0.39 is 5.60 Å². The summed E-state index contributed by atoms with van der Waals surface area (Å²) < 4.78 is 5.35. The number of carbonyl (C=O) groups is 1. The highest BCUT2D eigenvalue weighted by Gasteiger charge is 2.25. The molecule has 0 aromatic heterocycles. The fourth-order valence-corrected chi connectivity index (χ4v) is 1.75. The second-order valence-electron chi connectivity index (χ2n) is 5.41. The monoisotopic (exact) mass is 279 g/mol. The largest absolute Gasteiger partial charge is 0.444 e. The van der Waals surface area contributed by atoms with Crippen LogP contribution in [0.2, 0.25) is 0 Å². The number of rotatable bonds is 3. The molecule has 1 aliphatic heterocycles. The molecule has 108 valence electrons. The first-order valence-corrected chi connectivity index (χ1v) is 6.27. The second-order valence-corrected chi connectivity index (χ2v) is 5.41. The molecule has 18 heavy (non-hydrogen) atoms. The zero-order chi connectivity index (χ0) is 12.9. The Balaban J connectivity index is 0.00000289. The molecule has 0 radical (unpaired) electrons. The van der Waals surface area contributed by atoms with Gasteiger partial charge in [0.15, 0.2) is 0 Å². The van der Waals surface area contributed by atoms with E-state index in [-0.39, 0.29) is 18.5 Å². The molecule has 0 unspecified atom stereocenters. The number of nitrogens with one attached hydrogen (secondary N) is 1. The maximum atomic E-state index is 11.8. The number of hydrogen-bond donors (Lipinski definition) is 1. The molecular formula is C12H26ClN3O2. The third-order valence-electron chi connectivity index (χ3n) is 2.70. The number of amides is 1. The number of carbonyl (C=O) groups excluding carboxylic acids is 1. The molecule has 0 bridgehead atoms. The number of ether oxygens (including phenoxy) is 1. The zero-order valence-corrected chi connectivity index (χ0v) is 12.7. The van der Waals surface area contributed by atoms with E-state index in [1.807, 2.05) is 27.8 Å². The third-order valence-corrected chi connectivity index (χ3v) is 2.70. The average Bonchev–Trinajstić information content (AvgIpc) is 2.24. The SMILES string of the molecule is CNCCN1CCN(C(=O)OC(C)(C)C)CC1.Cl. The van der Waals surface area contributed by atoms with Crippen LogP contribution < -0.4 is 5.32 Å². The summed E-state index contributed by atoms with van der Waals surface area (Å²) in [6, 6.07) is 0. The molecule has 0 aliphatic carbocycles. The summed E-state index contributed by atoms with van der Waals surface area (Å²) in [4.78, 5) is 16.0. The van der Waals surface area contributed by atoms with Crippen LogP contribution in [0.1, 0.15) is 20.8 Å². The minimum atomic E-state index is -0.402. The Hall–Kier alpha value is -0.520. The Labute approximate surface area is 116 Å². The average molecular weight is 280 g/mol. The highest BCUT2D eigenvalue weighted by atomic mass is 35.5. The molecule has 0 aromatic rings. The summed E-state index contributed by atoms with van der Waals surface area (Å²) in [7, 11) is 1.96. The van der Waals surface area contributed by atoms with E-state index in [0.29, 0.717) is 0 Å². The number of halogens is 1. The summed E-state index contributed by atoms with van der Waals surface area (Å²) in [5, 5.41) is 3.13. The van der Waals surface area contributed by atoms with Gasteiger partial charge in [-0.25, -0.2) is 4.79 Å². The first kappa shape index (κ1) is 17.5. The summed E-state index contributed by atoms with van der Waals surface area (Å²) >= 11 is 0. The van der Waals surface area contributed by atoms with Crippen molar-refractivity contribution in [1.82, 2.24) is 15.1 Å². The van der Waals surface area contributed by atoms with Gasteiger partial charge in [-0.1, -0.05) is 0 Å². The highest BCUT2D eigenvalue weighted by molar-refractivity contribution is 5.85. The number of likely N-dealkylation sites (N-methyl/N-ethyl adjacent to an activating group) is 1. The Morgan fingerprint density at radius 3 is 2.22 bits per heavy atom. The van der Waals surface area contributed by atoms with Gasteiger partial charge in [-0.15, -0.1) is 12.4 Å². The molecule has 1 amide bonds. The molecule has 0 saturated carbocycles. The van der Waals surface area contributed by atoms with Crippen molar-refractivity contribution in [1.29, 1.82) is 0 Å². The number of hydrogen-bond acceptors (Lipinski definition) is 4. The molecule has 0 spiro atoms. The van der Waals surface area contributed by atoms with Crippen molar-refractivity contribution in [2.45, 2.75) is 26.4 Å². The molecule has 1 rings (SSSR count). The van der Waals surface area contributed by atoms with E-state index in [9.17, 15) is 4.79 Å². The topological polar surface area (TPSA) is 44.8 Å². The molecule has 1 N–H and O–H groups in total. The maximum absolute atomic E-state index is 11.8. The van der Waals surface area contributed by atoms with Crippen molar-refractivity contribution in [2.24, 2.45) is 0 Å². The van der Waals surface area contributed by atoms with Gasteiger partial charge in [0.05, 0.1) is 0 Å². The predicted molar refractivity (Wildman–Crippen MR) is 75.4 cm³/mol. The predicted octanol–water partition coefficient (Wildman–Crippen LogP) is 1.18. The maximum Gasteiger partial charge on any atom is 0.410 e. The van der Waals surface area contributed by atoms with Crippen LogP contribution in [0.5, 0.6) is 0 Å². The van der Waals surface area contributed by atoms with Gasteiger partial charge in [-0.2, -0.15) is 0 Å². The van der Waals surface area contributed by atoms with Crippen molar-refractivity contribution < 1.29 is 9.53 Å². The number of nitrogens with zero attached hydrogens (tertiary/aromatic N) is 2. The Kier molecular flexibility index (Phi) is 7.59. The van der Waals surface area contributed by atoms with E-state index in [1.54, 1.807) is 4.90 Å². The standard InChI is InChI=1S/C12H25N3O2.ClH/c1-12(2,3)17-11(16)15-9-7-14(8-10-15)6-5-13-4;/h13H,5-10H2,1-4H3;1H. The smallest absolute Gasteiger partial charge is 0.410 e. The lowest BCUT2D eigenvalue weighted by atomic mass is 10.2. The normalized spacial score (nSPS) is 17.2. The quantitative estimate of drug-likeness (QED) is 0.843. The van der Waals surface area contributed by atoms with Crippen molar-refractivity contribution >= 4 is 18.5 Å². The van der Waals surface area contributed by atoms with Crippen LogP contribution in [0, 0.1) is 0 Å². The van der Waals surface area contributed by atoms with Gasteiger partial charge in [0.1, 0.15) is 5.60 Å². The van der Waals surface area contributed by atoms with Crippen LogP contribution >= 0.6 is 12.4 Å². The van der Waals surface area contributed by atoms with E-state index in [1.165, 1.54) is 0 Å². The zero-order valence-electron chi connectivity index (χ0n) is 11.9. The molecule has 1 heterocycles. The Morgan fingerprint density at radius 2 is 1.78 bits per heavy atom. The Bertz CT molecular complexity index is 248. The molecule has 5 nitrogen and oxygen atoms in total. The molecule has 1 saturated heterocycles. The summed E-state index contributed by atoms with van der Waals surface area (Å²) in [5.41, 5.74) is -0.402. The van der Waals surface area contributed by atoms with Crippen LogP contribution in [0.25, 0.3) is 0 Å². The van der Waals surface area contributed by atoms with Crippen molar-refractivity contribution in [2.75, 3.05) is 46.3 Å². The van der Waals surface area contributed by atoms with Gasteiger partial charge in [0.2, 0.25) is 0 Å². The summed E-state index contributed by atoms with van der Waals surface area (Å²) in [6.45, 7) is 11.1. The lowest BCUT2D eigenvalue weighted by molar-refractivity contribution is 0.0146. The molecule has 0 atom stereocenters. The molecule has 1 fully saturated rings. The Morgan fingerprint density at radius 1 is 1.22 bits per heavy atom. The number of piperazine rings is 1. The second kappa shape index (κ2) is 7.81. The van der Waals surface area contributed by atoms with Crippen LogP contribution in [0.15, 0.2) is 0 Å². The van der Waals surface area contributed by atoms with Gasteiger partial charge in [0.25, 0.3) is 0 Å². The first-order valence-electron chi connectivity index (χ1n) is 6.27. The lowest BCUT2D eigenvalue weighted by Crippen LogP contribution is -2.51. The van der Waals surface area contributed by atoms with Crippen molar-refractivity contribution in [3.63, 3.8) is 0 Å². The summed E-state index contributed by atoms with van der Waals surface area (Å²) in [5.74, 6) is 0. The fourth-order valence-electron chi connectivity index (χ4n) is 1.75. The summed E-state index contributed by atoms with van der Waals surface area (Å²) in [6.07, 6.45) is -0.189. The van der Waals surface area contributed by atoms with E-state index in [2.05, 4.69) is 10.2 Å². The van der Waals surface area contributed by atoms with E-state index >= 15 is 0 Å². The van der Waals surface area contributed by atoms with Gasteiger partial charge in [-0.3, -0.25) is 4.90 Å². The lowest BCUT2D eigenvalue weighted by Gasteiger charge is -2.35. The minimum Gasteiger partial charge on any atom is -0.444 e. The molecule has 1 aliphatic rings. The van der Waals surface area contributed by atoms with Crippen LogP contribution in [0.3, 0.4) is 0 Å². The van der Waals surface area contributed by atoms with Gasteiger partial charge in [-0.05, 0) is 27.8 Å². The first-order chi connectivity index (χ1) is 7.92. The third kappa shape index (κ3) is 6.42. The van der Waals surface area contributed by atoms with Crippen molar-refractivity contribution in [3.05, 3.63) is 0 Å². The molecule has 6 heteroatoms. The van der Waals surface area contributed by atoms with E-state index in [4.69, 9.17) is 4.74 Å². The fraction of sp³-hybridized carbons (Fsp3) is 0.917. The molecular weight excluding hydrogens is 254 g/mol. The molecule has 0 aromatic carbocycles. The van der Waals surface area contributed by atoms with Crippen LogP contribution in [-0.4, -0.2) is 67.8 Å². The van der Waals surface area contributed by atoms with Crippen LogP contribution in [-0.2, 0) is 4.74 Å². The highest BCUT2D eigenvalue weighted by Crippen LogP contribution is 2.11.